The van der Waals surface area contributed by atoms with Crippen molar-refractivity contribution in [2.45, 2.75) is 30.4 Å². The predicted octanol–water partition coefficient (Wildman–Crippen LogP) is 1.81. The number of H-pyrrole nitrogens is 1. The number of nitrogens with one attached hydrogen (secondary N) is 1. The Bertz CT molecular complexity index is 899. The Morgan fingerprint density at radius 1 is 1.26 bits per heavy atom. The van der Waals surface area contributed by atoms with Crippen molar-refractivity contribution in [2.75, 3.05) is 6.26 Å². The van der Waals surface area contributed by atoms with Gasteiger partial charge in [-0.1, -0.05) is 24.3 Å². The predicted molar refractivity (Wildman–Crippen MR) is 83.8 cm³/mol. The Morgan fingerprint density at radius 3 is 2.74 bits per heavy atom. The van der Waals surface area contributed by atoms with Crippen molar-refractivity contribution >= 4 is 9.84 Å². The van der Waals surface area contributed by atoms with Crippen LogP contribution < -0.4 is 5.76 Å². The van der Waals surface area contributed by atoms with Crippen molar-refractivity contribution < 1.29 is 12.8 Å². The monoisotopic (exact) mass is 334 g/mol. The summed E-state index contributed by atoms with van der Waals surface area (Å²) < 4.78 is 29.5. The number of rotatable bonds is 3. The van der Waals surface area contributed by atoms with E-state index >= 15 is 0 Å². The summed E-state index contributed by atoms with van der Waals surface area (Å²) in [4.78, 5) is 11.1. The van der Waals surface area contributed by atoms with Crippen molar-refractivity contribution in [1.82, 2.24) is 10.2 Å². The van der Waals surface area contributed by atoms with Crippen LogP contribution in [0.25, 0.3) is 0 Å². The van der Waals surface area contributed by atoms with Gasteiger partial charge in [0, 0.05) is 12.2 Å². The van der Waals surface area contributed by atoms with Gasteiger partial charge in [0.05, 0.1) is 5.25 Å². The minimum absolute atomic E-state index is 0.129. The van der Waals surface area contributed by atoms with Crippen molar-refractivity contribution in [3.63, 3.8) is 0 Å². The molecule has 1 heterocycles. The molecule has 0 aliphatic heterocycles. The number of nitrogens with zero attached hydrogens (tertiary/aromatic N) is 1. The van der Waals surface area contributed by atoms with Gasteiger partial charge < -0.3 is 4.42 Å². The largest absolute Gasteiger partial charge is 0.434 e. The molecule has 2 aliphatic rings. The molecule has 0 amide bonds. The molecule has 122 valence electrons. The molecule has 7 heteroatoms. The van der Waals surface area contributed by atoms with Crippen LogP contribution in [-0.4, -0.2) is 24.9 Å². The third kappa shape index (κ3) is 2.63. The highest BCUT2D eigenvalue weighted by atomic mass is 32.2. The molecule has 1 saturated carbocycles. The van der Waals surface area contributed by atoms with Gasteiger partial charge in [-0.05, 0) is 42.2 Å². The first-order valence-electron chi connectivity index (χ1n) is 7.75. The Labute approximate surface area is 133 Å². The first-order chi connectivity index (χ1) is 10.9. The summed E-state index contributed by atoms with van der Waals surface area (Å²) in [5.41, 5.74) is 2.06. The SMILES string of the molecule is CS(=O)(=O)C1C[C@H](C2CC2c2n[nH]c(=O)o2)Cc2ccccc21. The fraction of sp³-hybridized carbons (Fsp3) is 0.500. The smallest absolute Gasteiger partial charge is 0.392 e. The summed E-state index contributed by atoms with van der Waals surface area (Å²) in [6, 6.07) is 7.80. The topological polar surface area (TPSA) is 93.0 Å². The van der Waals surface area contributed by atoms with Gasteiger partial charge in [0.1, 0.15) is 0 Å². The van der Waals surface area contributed by atoms with E-state index in [4.69, 9.17) is 4.42 Å². The maximum absolute atomic E-state index is 12.2. The third-order valence-electron chi connectivity index (χ3n) is 5.13. The van der Waals surface area contributed by atoms with Gasteiger partial charge in [0.15, 0.2) is 9.84 Å². The first-order valence-corrected chi connectivity index (χ1v) is 9.71. The van der Waals surface area contributed by atoms with Gasteiger partial charge in [0.25, 0.3) is 0 Å². The highest BCUT2D eigenvalue weighted by molar-refractivity contribution is 7.90. The third-order valence-corrected chi connectivity index (χ3v) is 6.61. The lowest BCUT2D eigenvalue weighted by molar-refractivity contribution is 0.372. The molecule has 23 heavy (non-hydrogen) atoms. The molecular weight excluding hydrogens is 316 g/mol. The molecule has 0 bridgehead atoms. The van der Waals surface area contributed by atoms with Crippen LogP contribution in [0.3, 0.4) is 0 Å². The van der Waals surface area contributed by atoms with Crippen molar-refractivity contribution in [3.05, 3.63) is 51.8 Å². The highest BCUT2D eigenvalue weighted by Crippen LogP contribution is 2.56. The van der Waals surface area contributed by atoms with Gasteiger partial charge in [-0.25, -0.2) is 18.3 Å². The molecule has 1 aromatic heterocycles. The van der Waals surface area contributed by atoms with E-state index in [0.29, 0.717) is 18.2 Å². The van der Waals surface area contributed by atoms with E-state index in [1.807, 2.05) is 24.3 Å². The molecule has 1 fully saturated rings. The van der Waals surface area contributed by atoms with Crippen LogP contribution in [0, 0.1) is 11.8 Å². The Balaban J connectivity index is 1.62. The number of aromatic amines is 1. The van der Waals surface area contributed by atoms with E-state index in [2.05, 4.69) is 10.2 Å². The van der Waals surface area contributed by atoms with Crippen LogP contribution in [0.2, 0.25) is 0 Å². The molecule has 4 rings (SSSR count). The van der Waals surface area contributed by atoms with Crippen LogP contribution in [-0.2, 0) is 16.3 Å². The van der Waals surface area contributed by atoms with Crippen LogP contribution in [0.1, 0.15) is 41.0 Å². The zero-order chi connectivity index (χ0) is 16.2. The maximum Gasteiger partial charge on any atom is 0.434 e. The number of hydrogen-bond acceptors (Lipinski definition) is 5. The summed E-state index contributed by atoms with van der Waals surface area (Å²) in [5.74, 6) is 0.656. The van der Waals surface area contributed by atoms with Crippen LogP contribution in [0.15, 0.2) is 33.5 Å². The molecular formula is C16H18N2O4S. The normalized spacial score (nSPS) is 30.0. The zero-order valence-corrected chi connectivity index (χ0v) is 13.5. The van der Waals surface area contributed by atoms with Crippen LogP contribution >= 0.6 is 0 Å². The minimum Gasteiger partial charge on any atom is -0.392 e. The fourth-order valence-electron chi connectivity index (χ4n) is 3.95. The van der Waals surface area contributed by atoms with Crippen LogP contribution in [0.5, 0.6) is 0 Å². The summed E-state index contributed by atoms with van der Waals surface area (Å²) in [6.07, 6.45) is 3.72. The van der Waals surface area contributed by atoms with Crippen molar-refractivity contribution in [3.8, 4) is 0 Å². The van der Waals surface area contributed by atoms with E-state index in [1.54, 1.807) is 0 Å². The lowest BCUT2D eigenvalue weighted by atomic mass is 9.80. The number of sulfone groups is 1. The highest BCUT2D eigenvalue weighted by Gasteiger charge is 2.49. The number of hydrogen-bond donors (Lipinski definition) is 1. The van der Waals surface area contributed by atoms with Gasteiger partial charge >= 0.3 is 5.76 Å². The summed E-state index contributed by atoms with van der Waals surface area (Å²) in [5, 5.41) is 5.77. The zero-order valence-electron chi connectivity index (χ0n) is 12.7. The Kier molecular flexibility index (Phi) is 3.23. The average molecular weight is 334 g/mol. The summed E-state index contributed by atoms with van der Waals surface area (Å²) in [6.45, 7) is 0. The first kappa shape index (κ1) is 14.7. The van der Waals surface area contributed by atoms with Crippen molar-refractivity contribution in [2.24, 2.45) is 11.8 Å². The quantitative estimate of drug-likeness (QED) is 0.924. The molecule has 0 saturated heterocycles. The molecule has 2 aliphatic carbocycles. The lowest BCUT2D eigenvalue weighted by Crippen LogP contribution is -2.25. The van der Waals surface area contributed by atoms with Gasteiger partial charge in [-0.2, -0.15) is 0 Å². The molecule has 6 nitrogen and oxygen atoms in total. The molecule has 3 unspecified atom stereocenters. The van der Waals surface area contributed by atoms with E-state index in [9.17, 15) is 13.2 Å². The lowest BCUT2D eigenvalue weighted by Gasteiger charge is -2.31. The second-order valence-corrected chi connectivity index (χ2v) is 8.90. The number of benzene rings is 1. The molecule has 0 radical (unpaired) electrons. The van der Waals surface area contributed by atoms with E-state index in [0.717, 1.165) is 24.0 Å². The minimum atomic E-state index is -3.15. The summed E-state index contributed by atoms with van der Waals surface area (Å²) in [7, 11) is -3.15. The molecule has 1 aromatic carbocycles. The Hall–Kier alpha value is -1.89. The Morgan fingerprint density at radius 2 is 2.04 bits per heavy atom. The van der Waals surface area contributed by atoms with Crippen molar-refractivity contribution in [1.29, 1.82) is 0 Å². The van der Waals surface area contributed by atoms with E-state index in [1.165, 1.54) is 6.26 Å². The summed E-state index contributed by atoms with van der Waals surface area (Å²) >= 11 is 0. The fourth-order valence-corrected chi connectivity index (χ4v) is 5.24. The number of fused-ring (bicyclic) bond motifs is 1. The van der Waals surface area contributed by atoms with E-state index in [-0.39, 0.29) is 11.8 Å². The standard InChI is InChI=1S/C16H18N2O4S/c1-23(20,21)14-7-10(6-9-4-2-3-5-11(9)14)12-8-13(12)15-17-18-16(19)22-15/h2-5,10,12-14H,6-8H2,1H3,(H,18,19)/t10-,12?,13?,14?/m1/s1. The van der Waals surface area contributed by atoms with Gasteiger partial charge in [-0.15, -0.1) is 5.10 Å². The van der Waals surface area contributed by atoms with E-state index < -0.39 is 20.8 Å². The second kappa shape index (κ2) is 5.06. The maximum atomic E-state index is 12.2. The number of aromatic nitrogens is 2. The molecule has 2 aromatic rings. The average Bonchev–Trinajstić information content (AvgIpc) is 3.20. The molecule has 0 spiro atoms. The second-order valence-electron chi connectivity index (χ2n) is 6.67. The van der Waals surface area contributed by atoms with Gasteiger partial charge in [-0.3, -0.25) is 0 Å². The molecule has 1 N–H and O–H groups in total. The van der Waals surface area contributed by atoms with Crippen LogP contribution in [0.4, 0.5) is 0 Å². The van der Waals surface area contributed by atoms with Gasteiger partial charge in [0.2, 0.25) is 5.89 Å². The molecule has 4 atom stereocenters.